The van der Waals surface area contributed by atoms with Crippen LogP contribution in [0.15, 0.2) is 42.5 Å². The molecule has 4 nitrogen and oxygen atoms in total. The summed E-state index contributed by atoms with van der Waals surface area (Å²) >= 11 is 0. The van der Waals surface area contributed by atoms with E-state index in [0.717, 1.165) is 37.3 Å². The molecule has 166 valence electrons. The smallest absolute Gasteiger partial charge is 0.122 e. The van der Waals surface area contributed by atoms with Crippen molar-refractivity contribution in [2.45, 2.75) is 65.3 Å². The molecule has 4 heteroatoms. The van der Waals surface area contributed by atoms with Gasteiger partial charge in [0.1, 0.15) is 11.6 Å². The van der Waals surface area contributed by atoms with Crippen LogP contribution in [0.4, 0.5) is 0 Å². The summed E-state index contributed by atoms with van der Waals surface area (Å²) < 4.78 is 8.49. The molecule has 0 unspecified atom stereocenters. The zero-order chi connectivity index (χ0) is 21.5. The highest BCUT2D eigenvalue weighted by Crippen LogP contribution is 2.21. The lowest BCUT2D eigenvalue weighted by atomic mass is 10.1. The summed E-state index contributed by atoms with van der Waals surface area (Å²) in [6.07, 6.45) is 8.73. The van der Waals surface area contributed by atoms with Gasteiger partial charge in [-0.2, -0.15) is 0 Å². The van der Waals surface area contributed by atoms with E-state index in [0.29, 0.717) is 0 Å². The summed E-state index contributed by atoms with van der Waals surface area (Å²) in [5.41, 5.74) is 4.85. The zero-order valence-electron chi connectivity index (χ0n) is 19.3. The highest BCUT2D eigenvalue weighted by atomic mass is 16.5. The number of ether oxygens (including phenoxy) is 1. The van der Waals surface area contributed by atoms with E-state index in [2.05, 4.69) is 65.8 Å². The minimum Gasteiger partial charge on any atom is -0.493 e. The molecule has 1 aliphatic heterocycles. The number of nitrogens with zero attached hydrogens (tertiary/aromatic N) is 3. The molecule has 4 rings (SSSR count). The van der Waals surface area contributed by atoms with E-state index >= 15 is 0 Å². The van der Waals surface area contributed by atoms with Gasteiger partial charge >= 0.3 is 0 Å². The molecular formula is C27H37N3O. The predicted octanol–water partition coefficient (Wildman–Crippen LogP) is 5.93. The van der Waals surface area contributed by atoms with Crippen LogP contribution in [-0.2, 0) is 13.0 Å². The molecule has 0 aliphatic carbocycles. The summed E-state index contributed by atoms with van der Waals surface area (Å²) in [6, 6.07) is 14.9. The predicted molar refractivity (Wildman–Crippen MR) is 129 cm³/mol. The van der Waals surface area contributed by atoms with Crippen LogP contribution in [0.1, 0.15) is 55.5 Å². The van der Waals surface area contributed by atoms with Gasteiger partial charge in [-0.15, -0.1) is 0 Å². The van der Waals surface area contributed by atoms with Gasteiger partial charge in [0.25, 0.3) is 0 Å². The Bertz CT molecular complexity index is 970. The molecule has 0 bridgehead atoms. The van der Waals surface area contributed by atoms with Gasteiger partial charge in [-0.3, -0.25) is 0 Å². The van der Waals surface area contributed by atoms with E-state index < -0.39 is 0 Å². The molecule has 1 aliphatic rings. The Morgan fingerprint density at radius 1 is 0.903 bits per heavy atom. The van der Waals surface area contributed by atoms with Crippen LogP contribution in [0.2, 0.25) is 0 Å². The van der Waals surface area contributed by atoms with Crippen molar-refractivity contribution >= 4 is 11.0 Å². The molecule has 0 saturated carbocycles. The quantitative estimate of drug-likeness (QED) is 0.403. The molecule has 0 amide bonds. The minimum atomic E-state index is 0.726. The van der Waals surface area contributed by atoms with E-state index in [1.165, 1.54) is 74.2 Å². The van der Waals surface area contributed by atoms with Gasteiger partial charge in [-0.05, 0) is 82.9 Å². The Balaban J connectivity index is 1.35. The van der Waals surface area contributed by atoms with Gasteiger partial charge in [0.15, 0.2) is 0 Å². The van der Waals surface area contributed by atoms with E-state index in [1.807, 2.05) is 0 Å². The van der Waals surface area contributed by atoms with Crippen LogP contribution in [0.5, 0.6) is 5.75 Å². The van der Waals surface area contributed by atoms with Gasteiger partial charge in [-0.25, -0.2) is 4.98 Å². The first kappa shape index (κ1) is 21.9. The van der Waals surface area contributed by atoms with Gasteiger partial charge in [0.05, 0.1) is 17.6 Å². The third-order valence-electron chi connectivity index (χ3n) is 6.42. The first-order chi connectivity index (χ1) is 15.2. The Labute approximate surface area is 187 Å². The highest BCUT2D eigenvalue weighted by molar-refractivity contribution is 5.75. The number of fused-ring (bicyclic) bond motifs is 1. The van der Waals surface area contributed by atoms with Crippen molar-refractivity contribution in [3.8, 4) is 5.75 Å². The second kappa shape index (κ2) is 10.8. The largest absolute Gasteiger partial charge is 0.493 e. The molecule has 31 heavy (non-hydrogen) atoms. The Morgan fingerprint density at radius 2 is 1.71 bits per heavy atom. The third kappa shape index (κ3) is 5.88. The number of benzene rings is 2. The van der Waals surface area contributed by atoms with Crippen molar-refractivity contribution < 1.29 is 4.74 Å². The molecule has 0 atom stereocenters. The number of aromatic nitrogens is 2. The lowest BCUT2D eigenvalue weighted by Gasteiger charge is -2.19. The van der Waals surface area contributed by atoms with Crippen molar-refractivity contribution in [2.24, 2.45) is 0 Å². The minimum absolute atomic E-state index is 0.726. The maximum Gasteiger partial charge on any atom is 0.122 e. The zero-order valence-corrected chi connectivity index (χ0v) is 19.3. The number of hydrogen-bond acceptors (Lipinski definition) is 3. The summed E-state index contributed by atoms with van der Waals surface area (Å²) in [7, 11) is 0. The van der Waals surface area contributed by atoms with Crippen molar-refractivity contribution in [2.75, 3.05) is 26.2 Å². The normalized spacial score (nSPS) is 15.3. The van der Waals surface area contributed by atoms with Gasteiger partial charge in [-0.1, -0.05) is 42.7 Å². The summed E-state index contributed by atoms with van der Waals surface area (Å²) in [4.78, 5) is 7.63. The second-order valence-electron chi connectivity index (χ2n) is 9.00. The monoisotopic (exact) mass is 419 g/mol. The van der Waals surface area contributed by atoms with Crippen molar-refractivity contribution in [1.82, 2.24) is 14.5 Å². The van der Waals surface area contributed by atoms with Crippen LogP contribution < -0.4 is 4.74 Å². The van der Waals surface area contributed by atoms with Gasteiger partial charge in [0, 0.05) is 13.0 Å². The molecule has 2 aromatic carbocycles. The fourth-order valence-corrected chi connectivity index (χ4v) is 4.75. The Morgan fingerprint density at radius 3 is 2.52 bits per heavy atom. The lowest BCUT2D eigenvalue weighted by Crippen LogP contribution is -2.26. The van der Waals surface area contributed by atoms with Crippen molar-refractivity contribution in [3.63, 3.8) is 0 Å². The van der Waals surface area contributed by atoms with Crippen molar-refractivity contribution in [3.05, 3.63) is 59.4 Å². The summed E-state index contributed by atoms with van der Waals surface area (Å²) in [5.74, 6) is 2.22. The van der Waals surface area contributed by atoms with Crippen LogP contribution in [0.25, 0.3) is 11.0 Å². The molecule has 1 fully saturated rings. The van der Waals surface area contributed by atoms with Gasteiger partial charge < -0.3 is 14.2 Å². The number of likely N-dealkylation sites (tertiary alicyclic amines) is 1. The first-order valence-electron chi connectivity index (χ1n) is 12.1. The number of aryl methyl sites for hydroxylation is 4. The number of imidazole rings is 1. The van der Waals surface area contributed by atoms with Crippen molar-refractivity contribution in [1.29, 1.82) is 0 Å². The fourth-order valence-electron chi connectivity index (χ4n) is 4.75. The highest BCUT2D eigenvalue weighted by Gasteiger charge is 2.13. The maximum absolute atomic E-state index is 6.07. The lowest BCUT2D eigenvalue weighted by molar-refractivity contribution is 0.280. The number of rotatable bonds is 9. The molecule has 1 aromatic heterocycles. The topological polar surface area (TPSA) is 30.3 Å². The van der Waals surface area contributed by atoms with Crippen LogP contribution in [0.3, 0.4) is 0 Å². The standard InChI is InChI=1S/C27H37N3O/c1-22-14-15-26(23(2)21-22)31-20-10-19-30-25-12-6-5-11-24(25)28-27(30)13-9-18-29-16-7-3-4-8-17-29/h5-6,11-12,14-15,21H,3-4,7-10,13,16-20H2,1-2H3. The molecular weight excluding hydrogens is 382 g/mol. The SMILES string of the molecule is Cc1ccc(OCCCn2c(CCCN3CCCCCC3)nc3ccccc32)c(C)c1. The van der Waals surface area contributed by atoms with E-state index in [4.69, 9.17) is 9.72 Å². The average molecular weight is 420 g/mol. The summed E-state index contributed by atoms with van der Waals surface area (Å²) in [5, 5.41) is 0. The average Bonchev–Trinajstić information content (AvgIpc) is 2.92. The maximum atomic E-state index is 6.07. The summed E-state index contributed by atoms with van der Waals surface area (Å²) in [6.45, 7) is 9.65. The van der Waals surface area contributed by atoms with Crippen LogP contribution in [-0.4, -0.2) is 40.7 Å². The van der Waals surface area contributed by atoms with Crippen LogP contribution in [0, 0.1) is 13.8 Å². The van der Waals surface area contributed by atoms with E-state index in [-0.39, 0.29) is 0 Å². The van der Waals surface area contributed by atoms with E-state index in [9.17, 15) is 0 Å². The molecule has 0 spiro atoms. The fraction of sp³-hybridized carbons (Fsp3) is 0.519. The Kier molecular flexibility index (Phi) is 7.63. The molecule has 3 aromatic rings. The molecule has 0 N–H and O–H groups in total. The van der Waals surface area contributed by atoms with Crippen LogP contribution >= 0.6 is 0 Å². The molecule has 0 radical (unpaired) electrons. The first-order valence-corrected chi connectivity index (χ1v) is 12.1. The van der Waals surface area contributed by atoms with E-state index in [1.54, 1.807) is 0 Å². The molecule has 1 saturated heterocycles. The third-order valence-corrected chi connectivity index (χ3v) is 6.42. The molecule has 2 heterocycles. The Hall–Kier alpha value is -2.33. The number of para-hydroxylation sites is 2. The van der Waals surface area contributed by atoms with Gasteiger partial charge in [0.2, 0.25) is 0 Å². The number of hydrogen-bond donors (Lipinski definition) is 0. The second-order valence-corrected chi connectivity index (χ2v) is 9.00.